The summed E-state index contributed by atoms with van der Waals surface area (Å²) in [7, 11) is 2.16. The van der Waals surface area contributed by atoms with Crippen molar-refractivity contribution in [2.75, 3.05) is 20.1 Å². The van der Waals surface area contributed by atoms with Gasteiger partial charge in [0.1, 0.15) is 0 Å². The molecule has 1 heterocycles. The molecule has 0 amide bonds. The molecule has 34 heavy (non-hydrogen) atoms. The van der Waals surface area contributed by atoms with Gasteiger partial charge >= 0.3 is 6.18 Å². The number of nitrogens with zero attached hydrogens (tertiary/aromatic N) is 2. The molecule has 0 spiro atoms. The Morgan fingerprint density at radius 3 is 2.47 bits per heavy atom. The quantitative estimate of drug-likeness (QED) is 0.312. The molecule has 0 N–H and O–H groups in total. The summed E-state index contributed by atoms with van der Waals surface area (Å²) in [5, 5.41) is 0. The van der Waals surface area contributed by atoms with Crippen molar-refractivity contribution in [3.63, 3.8) is 0 Å². The summed E-state index contributed by atoms with van der Waals surface area (Å²) in [6.45, 7) is 4.83. The van der Waals surface area contributed by atoms with E-state index >= 15 is 0 Å². The minimum Gasteiger partial charge on any atom is -0.344 e. The van der Waals surface area contributed by atoms with E-state index in [4.69, 9.17) is 0 Å². The number of rotatable bonds is 10. The lowest BCUT2D eigenvalue weighted by Gasteiger charge is -2.18. The van der Waals surface area contributed by atoms with E-state index in [1.807, 2.05) is 43.3 Å². The topological polar surface area (TPSA) is 25.2 Å². The van der Waals surface area contributed by atoms with E-state index in [0.29, 0.717) is 11.1 Å². The second-order valence-corrected chi connectivity index (χ2v) is 9.40. The van der Waals surface area contributed by atoms with E-state index in [0.717, 1.165) is 61.1 Å². The Labute approximate surface area is 199 Å². The SMILES string of the molecule is Cc1c(C(=O)Cc2cccc(C(F)(F)F)c2)cc(-c2ccccc2)n1CCCN(C)CC1CC1. The normalized spacial score (nSPS) is 14.1. The highest BCUT2D eigenvalue weighted by atomic mass is 19.4. The van der Waals surface area contributed by atoms with Gasteiger partial charge < -0.3 is 9.47 Å². The highest BCUT2D eigenvalue weighted by Gasteiger charge is 2.30. The van der Waals surface area contributed by atoms with Gasteiger partial charge in [0.05, 0.1) is 5.56 Å². The van der Waals surface area contributed by atoms with Crippen LogP contribution in [0, 0.1) is 12.8 Å². The zero-order valence-electron chi connectivity index (χ0n) is 19.7. The van der Waals surface area contributed by atoms with Gasteiger partial charge in [-0.3, -0.25) is 4.79 Å². The molecule has 4 rings (SSSR count). The number of halogens is 3. The lowest BCUT2D eigenvalue weighted by Crippen LogP contribution is -2.23. The number of carbonyl (C=O) groups is 1. The van der Waals surface area contributed by atoms with Crippen molar-refractivity contribution in [1.82, 2.24) is 9.47 Å². The first-order valence-corrected chi connectivity index (χ1v) is 11.9. The van der Waals surface area contributed by atoms with Crippen LogP contribution in [-0.2, 0) is 19.1 Å². The molecule has 6 heteroatoms. The summed E-state index contributed by atoms with van der Waals surface area (Å²) in [5.74, 6) is 0.678. The van der Waals surface area contributed by atoms with Gasteiger partial charge in [0.2, 0.25) is 0 Å². The Kier molecular flexibility index (Phi) is 7.27. The predicted molar refractivity (Wildman–Crippen MR) is 129 cm³/mol. The van der Waals surface area contributed by atoms with Crippen LogP contribution in [0.3, 0.4) is 0 Å². The number of benzene rings is 2. The minimum absolute atomic E-state index is 0.0624. The average molecular weight is 469 g/mol. The Balaban J connectivity index is 1.55. The van der Waals surface area contributed by atoms with Crippen LogP contribution in [0.15, 0.2) is 60.7 Å². The molecular weight excluding hydrogens is 437 g/mol. The maximum absolute atomic E-state index is 13.2. The van der Waals surface area contributed by atoms with Crippen LogP contribution in [0.2, 0.25) is 0 Å². The van der Waals surface area contributed by atoms with E-state index in [-0.39, 0.29) is 12.2 Å². The molecule has 1 aliphatic carbocycles. The molecule has 1 aliphatic rings. The van der Waals surface area contributed by atoms with E-state index in [2.05, 4.69) is 16.5 Å². The van der Waals surface area contributed by atoms with Crippen LogP contribution < -0.4 is 0 Å². The monoisotopic (exact) mass is 468 g/mol. The minimum atomic E-state index is -4.43. The van der Waals surface area contributed by atoms with Gasteiger partial charge in [-0.2, -0.15) is 13.2 Å². The smallest absolute Gasteiger partial charge is 0.344 e. The third kappa shape index (κ3) is 5.98. The van der Waals surface area contributed by atoms with Crippen molar-refractivity contribution in [2.45, 2.75) is 45.3 Å². The molecule has 0 radical (unpaired) electrons. The van der Waals surface area contributed by atoms with Crippen LogP contribution in [0.25, 0.3) is 11.3 Å². The van der Waals surface area contributed by atoms with Gasteiger partial charge in [0.25, 0.3) is 0 Å². The van der Waals surface area contributed by atoms with E-state index in [1.54, 1.807) is 6.07 Å². The maximum atomic E-state index is 13.2. The van der Waals surface area contributed by atoms with E-state index < -0.39 is 11.7 Å². The van der Waals surface area contributed by atoms with Crippen LogP contribution in [0.4, 0.5) is 13.2 Å². The van der Waals surface area contributed by atoms with Crippen LogP contribution in [0.1, 0.15) is 46.4 Å². The number of hydrogen-bond donors (Lipinski definition) is 0. The fourth-order valence-corrected chi connectivity index (χ4v) is 4.53. The van der Waals surface area contributed by atoms with Gasteiger partial charge in [-0.25, -0.2) is 0 Å². The second kappa shape index (κ2) is 10.2. The number of ketones is 1. The molecule has 0 atom stereocenters. The summed E-state index contributed by atoms with van der Waals surface area (Å²) in [4.78, 5) is 15.6. The molecule has 3 aromatic rings. The molecule has 1 aromatic heterocycles. The molecule has 3 nitrogen and oxygen atoms in total. The maximum Gasteiger partial charge on any atom is 0.416 e. The van der Waals surface area contributed by atoms with Crippen molar-refractivity contribution in [2.24, 2.45) is 5.92 Å². The lowest BCUT2D eigenvalue weighted by molar-refractivity contribution is -0.137. The first-order valence-electron chi connectivity index (χ1n) is 11.9. The van der Waals surface area contributed by atoms with Gasteiger partial charge in [-0.15, -0.1) is 0 Å². The van der Waals surface area contributed by atoms with Crippen molar-refractivity contribution < 1.29 is 18.0 Å². The molecule has 1 saturated carbocycles. The molecule has 180 valence electrons. The summed E-state index contributed by atoms with van der Waals surface area (Å²) in [6.07, 6.45) is -0.870. The van der Waals surface area contributed by atoms with Gasteiger partial charge in [-0.1, -0.05) is 48.5 Å². The lowest BCUT2D eigenvalue weighted by atomic mass is 10.0. The summed E-state index contributed by atoms with van der Waals surface area (Å²) in [6, 6.07) is 16.9. The number of alkyl halides is 3. The first kappa shape index (κ1) is 24.3. The zero-order chi connectivity index (χ0) is 24.3. The standard InChI is InChI=1S/C28H31F3N2O/c1-20-25(27(34)17-22-8-6-11-24(16-22)28(29,30)31)18-26(23-9-4-3-5-10-23)33(20)15-7-14-32(2)19-21-12-13-21/h3-6,8-11,16,18,21H,7,12-15,17,19H2,1-2H3. The van der Waals surface area contributed by atoms with Crippen molar-refractivity contribution in [1.29, 1.82) is 0 Å². The third-order valence-electron chi connectivity index (χ3n) is 6.54. The second-order valence-electron chi connectivity index (χ2n) is 9.40. The molecule has 0 bridgehead atoms. The summed E-state index contributed by atoms with van der Waals surface area (Å²) < 4.78 is 41.5. The van der Waals surface area contributed by atoms with Crippen molar-refractivity contribution in [3.05, 3.63) is 83.0 Å². The number of hydrogen-bond acceptors (Lipinski definition) is 2. The first-order chi connectivity index (χ1) is 16.2. The van der Waals surface area contributed by atoms with Gasteiger partial charge in [0.15, 0.2) is 5.78 Å². The Morgan fingerprint density at radius 2 is 1.79 bits per heavy atom. The Bertz CT molecular complexity index is 1130. The third-order valence-corrected chi connectivity index (χ3v) is 6.54. The van der Waals surface area contributed by atoms with Crippen molar-refractivity contribution in [3.8, 4) is 11.3 Å². The highest BCUT2D eigenvalue weighted by Crippen LogP contribution is 2.31. The molecule has 0 saturated heterocycles. The van der Waals surface area contributed by atoms with E-state index in [9.17, 15) is 18.0 Å². The molecule has 1 fully saturated rings. The fourth-order valence-electron chi connectivity index (χ4n) is 4.53. The molecule has 0 aliphatic heterocycles. The van der Waals surface area contributed by atoms with E-state index in [1.165, 1.54) is 18.9 Å². The number of carbonyl (C=O) groups excluding carboxylic acids is 1. The predicted octanol–water partition coefficient (Wildman–Crippen LogP) is 6.64. The Hall–Kier alpha value is -2.86. The van der Waals surface area contributed by atoms with Crippen LogP contribution >= 0.6 is 0 Å². The fraction of sp³-hybridized carbons (Fsp3) is 0.393. The molecule has 0 unspecified atom stereocenters. The zero-order valence-corrected chi connectivity index (χ0v) is 19.7. The highest BCUT2D eigenvalue weighted by molar-refractivity contribution is 6.00. The molecule has 2 aromatic carbocycles. The number of aromatic nitrogens is 1. The molecular formula is C28H31F3N2O. The average Bonchev–Trinajstić information content (AvgIpc) is 3.55. The van der Waals surface area contributed by atoms with Gasteiger partial charge in [0, 0.05) is 36.5 Å². The van der Waals surface area contributed by atoms with Crippen LogP contribution in [-0.4, -0.2) is 35.4 Å². The van der Waals surface area contributed by atoms with Crippen molar-refractivity contribution >= 4 is 5.78 Å². The summed E-state index contributed by atoms with van der Waals surface area (Å²) >= 11 is 0. The number of Topliss-reactive ketones (excluding diaryl/α,β-unsaturated/α-hetero) is 1. The largest absolute Gasteiger partial charge is 0.416 e. The summed E-state index contributed by atoms with van der Waals surface area (Å²) in [5.41, 5.74) is 3.07. The Morgan fingerprint density at radius 1 is 1.06 bits per heavy atom. The van der Waals surface area contributed by atoms with Crippen LogP contribution in [0.5, 0.6) is 0 Å². The van der Waals surface area contributed by atoms with Gasteiger partial charge in [-0.05, 0) is 69.0 Å².